The standard InChI is InChI=1S/C62H126O4/c1-9-15-21-27-33-39-45-51-60(64-8,52-46-40-34-28-22-16-10-2)58-65-62(55-49-43-37-31-25-19-13-5,56-50-44-38-32-26-20-14-6)59-66-61(57-63-7,53-47-41-35-29-23-17-11-3)54-48-42-36-30-24-18-12-4/h9-59H2,1-8H3. The summed E-state index contributed by atoms with van der Waals surface area (Å²) in [5.41, 5.74) is -0.766. The number of rotatable bonds is 57. The lowest BCUT2D eigenvalue weighted by Crippen LogP contribution is -2.49. The molecule has 0 radical (unpaired) electrons. The first kappa shape index (κ1) is 65.8. The predicted molar refractivity (Wildman–Crippen MR) is 295 cm³/mol. The highest BCUT2D eigenvalue weighted by molar-refractivity contribution is 4.90. The van der Waals surface area contributed by atoms with Crippen molar-refractivity contribution >= 4 is 0 Å². The van der Waals surface area contributed by atoms with Gasteiger partial charge in [-0.05, 0) is 38.5 Å². The second-order valence-electron chi connectivity index (χ2n) is 22.0. The van der Waals surface area contributed by atoms with E-state index in [0.29, 0.717) is 19.8 Å². The van der Waals surface area contributed by atoms with Crippen molar-refractivity contribution in [2.45, 2.75) is 367 Å². The number of hydrogen-bond donors (Lipinski definition) is 0. The maximum Gasteiger partial charge on any atom is 0.0916 e. The Kier molecular flexibility index (Phi) is 49.7. The summed E-state index contributed by atoms with van der Waals surface area (Å²) < 4.78 is 28.4. The van der Waals surface area contributed by atoms with E-state index in [-0.39, 0.29) is 16.8 Å². The summed E-state index contributed by atoms with van der Waals surface area (Å²) in [5, 5.41) is 0. The molecule has 0 unspecified atom stereocenters. The Bertz CT molecular complexity index is 865. The van der Waals surface area contributed by atoms with E-state index < -0.39 is 0 Å². The average Bonchev–Trinajstić information content (AvgIpc) is 3.33. The largest absolute Gasteiger partial charge is 0.382 e. The first-order valence-corrected chi connectivity index (χ1v) is 30.7. The molecule has 0 aliphatic heterocycles. The van der Waals surface area contributed by atoms with Gasteiger partial charge in [0.1, 0.15) is 0 Å². The smallest absolute Gasteiger partial charge is 0.0916 e. The fourth-order valence-electron chi connectivity index (χ4n) is 10.7. The van der Waals surface area contributed by atoms with Gasteiger partial charge in [0.05, 0.1) is 36.6 Å². The molecule has 0 aromatic heterocycles. The summed E-state index contributed by atoms with van der Waals surface area (Å²) in [7, 11) is 3.94. The minimum atomic E-state index is -0.295. The summed E-state index contributed by atoms with van der Waals surface area (Å²) in [4.78, 5) is 0. The number of unbranched alkanes of at least 4 members (excludes halogenated alkanes) is 36. The molecule has 66 heavy (non-hydrogen) atoms. The zero-order chi connectivity index (χ0) is 48.4. The Labute approximate surface area is 417 Å². The molecule has 0 heterocycles. The van der Waals surface area contributed by atoms with E-state index in [1.807, 2.05) is 14.2 Å². The maximum atomic E-state index is 7.74. The quantitative estimate of drug-likeness (QED) is 0.0570. The van der Waals surface area contributed by atoms with Crippen LogP contribution in [0, 0.1) is 0 Å². The molecule has 0 aliphatic rings. The van der Waals surface area contributed by atoms with Crippen molar-refractivity contribution in [1.29, 1.82) is 0 Å². The third kappa shape index (κ3) is 38.6. The SMILES string of the molecule is CCCCCCCCCC(CCCCCCCCC)(COC(CCCCCCCCC)(CCCCCCCCC)COC(CCCCCCCCC)(CCCCCCCCC)COC)OC. The van der Waals surface area contributed by atoms with Gasteiger partial charge in [-0.25, -0.2) is 0 Å². The fourth-order valence-corrected chi connectivity index (χ4v) is 10.7. The van der Waals surface area contributed by atoms with Crippen molar-refractivity contribution in [2.75, 3.05) is 34.0 Å². The molecule has 4 heteroatoms. The van der Waals surface area contributed by atoms with Crippen LogP contribution >= 0.6 is 0 Å². The molecule has 4 nitrogen and oxygen atoms in total. The summed E-state index contributed by atoms with van der Waals surface area (Å²) in [6.45, 7) is 16.1. The second kappa shape index (κ2) is 49.8. The molecule has 0 rings (SSSR count). The molecular weight excluding hydrogens is 809 g/mol. The van der Waals surface area contributed by atoms with Crippen LogP contribution in [0.1, 0.15) is 350 Å². The molecule has 0 spiro atoms. The molecule has 0 N–H and O–H groups in total. The highest BCUT2D eigenvalue weighted by Gasteiger charge is 2.40. The van der Waals surface area contributed by atoms with Crippen molar-refractivity contribution < 1.29 is 18.9 Å². The van der Waals surface area contributed by atoms with Crippen LogP contribution in [0.15, 0.2) is 0 Å². The van der Waals surface area contributed by atoms with Gasteiger partial charge in [-0.2, -0.15) is 0 Å². The van der Waals surface area contributed by atoms with Crippen molar-refractivity contribution in [3.05, 3.63) is 0 Å². The van der Waals surface area contributed by atoms with Gasteiger partial charge in [-0.3, -0.25) is 0 Å². The first-order chi connectivity index (χ1) is 32.4. The fraction of sp³-hybridized carbons (Fsp3) is 1.00. The van der Waals surface area contributed by atoms with Gasteiger partial charge in [0.15, 0.2) is 0 Å². The van der Waals surface area contributed by atoms with E-state index in [0.717, 1.165) is 38.5 Å². The van der Waals surface area contributed by atoms with Gasteiger partial charge in [0.25, 0.3) is 0 Å². The average molecular weight is 936 g/mol. The van der Waals surface area contributed by atoms with Crippen molar-refractivity contribution in [3.63, 3.8) is 0 Å². The summed E-state index contributed by atoms with van der Waals surface area (Å²) in [6, 6.07) is 0. The van der Waals surface area contributed by atoms with Gasteiger partial charge in [0, 0.05) is 14.2 Å². The van der Waals surface area contributed by atoms with E-state index in [9.17, 15) is 0 Å². The Morgan fingerprint density at radius 2 is 0.394 bits per heavy atom. The second-order valence-corrected chi connectivity index (χ2v) is 22.0. The van der Waals surface area contributed by atoms with Gasteiger partial charge >= 0.3 is 0 Å². The van der Waals surface area contributed by atoms with E-state index in [4.69, 9.17) is 18.9 Å². The van der Waals surface area contributed by atoms with Crippen molar-refractivity contribution in [1.82, 2.24) is 0 Å². The van der Waals surface area contributed by atoms with Gasteiger partial charge in [-0.1, -0.05) is 311 Å². The minimum Gasteiger partial charge on any atom is -0.382 e. The predicted octanol–water partition coefficient (Wildman–Crippen LogP) is 21.4. The summed E-state index contributed by atoms with van der Waals surface area (Å²) in [6.07, 6.45) is 62.6. The highest BCUT2D eigenvalue weighted by atomic mass is 16.6. The van der Waals surface area contributed by atoms with E-state index in [1.54, 1.807) is 0 Å². The number of hydrogen-bond acceptors (Lipinski definition) is 4. The van der Waals surface area contributed by atoms with E-state index in [1.165, 1.54) is 270 Å². The van der Waals surface area contributed by atoms with Crippen LogP contribution in [-0.4, -0.2) is 50.8 Å². The summed E-state index contributed by atoms with van der Waals surface area (Å²) >= 11 is 0. The molecule has 0 atom stereocenters. The molecule has 0 amide bonds. The Balaban J connectivity index is 6.77. The normalized spacial score (nSPS) is 12.5. The lowest BCUT2D eigenvalue weighted by molar-refractivity contribution is -0.197. The molecule has 0 fully saturated rings. The lowest BCUT2D eigenvalue weighted by atomic mass is 9.86. The summed E-state index contributed by atoms with van der Waals surface area (Å²) in [5.74, 6) is 0. The van der Waals surface area contributed by atoms with Crippen LogP contribution in [0.3, 0.4) is 0 Å². The number of ether oxygens (including phenoxy) is 4. The Morgan fingerprint density at radius 3 is 0.606 bits per heavy atom. The lowest BCUT2D eigenvalue weighted by Gasteiger charge is -2.43. The molecular formula is C62H126O4. The van der Waals surface area contributed by atoms with Crippen molar-refractivity contribution in [2.24, 2.45) is 0 Å². The Morgan fingerprint density at radius 1 is 0.212 bits per heavy atom. The molecule has 0 bridgehead atoms. The van der Waals surface area contributed by atoms with Gasteiger partial charge in [-0.15, -0.1) is 0 Å². The first-order valence-electron chi connectivity index (χ1n) is 30.7. The topological polar surface area (TPSA) is 36.9 Å². The maximum absolute atomic E-state index is 7.74. The molecule has 0 aliphatic carbocycles. The van der Waals surface area contributed by atoms with Crippen LogP contribution in [0.25, 0.3) is 0 Å². The van der Waals surface area contributed by atoms with Crippen LogP contribution < -0.4 is 0 Å². The Hall–Kier alpha value is -0.160. The number of methoxy groups -OCH3 is 2. The molecule has 398 valence electrons. The zero-order valence-corrected chi connectivity index (χ0v) is 47.2. The minimum absolute atomic E-state index is 0.225. The van der Waals surface area contributed by atoms with E-state index >= 15 is 0 Å². The van der Waals surface area contributed by atoms with E-state index in [2.05, 4.69) is 41.5 Å². The molecule has 0 saturated carbocycles. The monoisotopic (exact) mass is 935 g/mol. The van der Waals surface area contributed by atoms with Crippen LogP contribution in [0.4, 0.5) is 0 Å². The molecule has 0 saturated heterocycles. The van der Waals surface area contributed by atoms with Crippen LogP contribution in [0.5, 0.6) is 0 Å². The van der Waals surface area contributed by atoms with Crippen LogP contribution in [0.2, 0.25) is 0 Å². The molecule has 0 aromatic rings. The van der Waals surface area contributed by atoms with Crippen molar-refractivity contribution in [3.8, 4) is 0 Å². The third-order valence-corrected chi connectivity index (χ3v) is 15.5. The highest BCUT2D eigenvalue weighted by Crippen LogP contribution is 2.37. The third-order valence-electron chi connectivity index (χ3n) is 15.5. The van der Waals surface area contributed by atoms with Crippen LogP contribution in [-0.2, 0) is 18.9 Å². The van der Waals surface area contributed by atoms with Gasteiger partial charge < -0.3 is 18.9 Å². The van der Waals surface area contributed by atoms with Gasteiger partial charge in [0.2, 0.25) is 0 Å². The zero-order valence-electron chi connectivity index (χ0n) is 47.2. The molecule has 0 aromatic carbocycles.